The van der Waals surface area contributed by atoms with Crippen LogP contribution in [0.1, 0.15) is 36.8 Å². The number of benzene rings is 2. The first-order valence-corrected chi connectivity index (χ1v) is 11.7. The van der Waals surface area contributed by atoms with E-state index in [1.165, 1.54) is 18.9 Å². The Morgan fingerprint density at radius 1 is 1.21 bits per heavy atom. The molecule has 1 aliphatic heterocycles. The van der Waals surface area contributed by atoms with E-state index in [2.05, 4.69) is 18.0 Å². The Labute approximate surface area is 198 Å². The minimum Gasteiger partial charge on any atom is -0.492 e. The molecule has 1 saturated heterocycles. The molecule has 6 nitrogen and oxygen atoms in total. The minimum atomic E-state index is -0.867. The molecule has 173 valence electrons. The molecule has 33 heavy (non-hydrogen) atoms. The van der Waals surface area contributed by atoms with Crippen LogP contribution in [0.3, 0.4) is 0 Å². The van der Waals surface area contributed by atoms with Gasteiger partial charge in [-0.1, -0.05) is 47.3 Å². The lowest BCUT2D eigenvalue weighted by Gasteiger charge is -2.32. The Balaban J connectivity index is 1.87. The van der Waals surface area contributed by atoms with E-state index < -0.39 is 11.6 Å². The van der Waals surface area contributed by atoms with Gasteiger partial charge in [0.2, 0.25) is 0 Å². The topological polar surface area (TPSA) is 77.6 Å². The summed E-state index contributed by atoms with van der Waals surface area (Å²) in [6.07, 6.45) is 4.42. The summed E-state index contributed by atoms with van der Waals surface area (Å²) in [6, 6.07) is 11.6. The molecule has 0 spiro atoms. The molecule has 1 aliphatic rings. The summed E-state index contributed by atoms with van der Waals surface area (Å²) in [5.41, 5.74) is 8.44. The molecule has 2 aromatic carbocycles. The standard InChI is InChI=1S/C26H29ClN3O3/c1-16-12-17(2)14-18(13-16)23-24(33-11-9-20-6-4-5-10-29(20)3)21-8-7-19(27)15-22(21)30(25(23)31)26(28)32/h8,12-15,20H,4-6,9-11H2,1-3H3,(H2,28,32). The number of carbonyl (C=O) groups is 1. The number of hydrogen-bond acceptors (Lipinski definition) is 4. The molecule has 2 N–H and O–H groups in total. The highest BCUT2D eigenvalue weighted by Crippen LogP contribution is 2.36. The number of primary amides is 1. The van der Waals surface area contributed by atoms with Crippen LogP contribution in [0.2, 0.25) is 5.02 Å². The predicted octanol–water partition coefficient (Wildman–Crippen LogP) is 4.92. The highest BCUT2D eigenvalue weighted by Gasteiger charge is 2.24. The van der Waals surface area contributed by atoms with Crippen LogP contribution in [0.25, 0.3) is 22.0 Å². The number of pyridine rings is 1. The second kappa shape index (κ2) is 9.57. The normalized spacial score (nSPS) is 16.8. The molecule has 1 unspecified atom stereocenters. The van der Waals surface area contributed by atoms with Gasteiger partial charge in [0.1, 0.15) is 5.75 Å². The SMILES string of the molecule is Cc1cc(C)cc(-c2c(OCCC3CCCCN3C)c3c[c]c(Cl)cc3n(C(N)=O)c2=O)c1. The van der Waals surface area contributed by atoms with Gasteiger partial charge in [-0.2, -0.15) is 0 Å². The van der Waals surface area contributed by atoms with Crippen LogP contribution >= 0.6 is 11.6 Å². The van der Waals surface area contributed by atoms with E-state index in [9.17, 15) is 9.59 Å². The molecule has 1 aromatic heterocycles. The van der Waals surface area contributed by atoms with E-state index in [0.717, 1.165) is 35.1 Å². The van der Waals surface area contributed by atoms with Gasteiger partial charge >= 0.3 is 6.03 Å². The molecular formula is C26H29ClN3O3. The third-order valence-corrected chi connectivity index (χ3v) is 6.59. The van der Waals surface area contributed by atoms with Gasteiger partial charge in [-0.3, -0.25) is 4.79 Å². The van der Waals surface area contributed by atoms with Crippen molar-refractivity contribution in [2.24, 2.45) is 5.73 Å². The number of likely N-dealkylation sites (tertiary alicyclic amines) is 1. The minimum absolute atomic E-state index is 0.283. The lowest BCUT2D eigenvalue weighted by molar-refractivity contribution is 0.153. The van der Waals surface area contributed by atoms with Crippen molar-refractivity contribution in [3.05, 3.63) is 62.9 Å². The first kappa shape index (κ1) is 23.3. The Hall–Kier alpha value is -2.83. The summed E-state index contributed by atoms with van der Waals surface area (Å²) < 4.78 is 7.30. The van der Waals surface area contributed by atoms with E-state index in [4.69, 9.17) is 22.1 Å². The van der Waals surface area contributed by atoms with E-state index in [1.807, 2.05) is 32.0 Å². The zero-order chi connectivity index (χ0) is 23.7. The lowest BCUT2D eigenvalue weighted by atomic mass is 9.98. The number of aromatic nitrogens is 1. The highest BCUT2D eigenvalue weighted by molar-refractivity contribution is 6.31. The second-order valence-electron chi connectivity index (χ2n) is 8.91. The van der Waals surface area contributed by atoms with Gasteiger partial charge in [-0.15, -0.1) is 0 Å². The monoisotopic (exact) mass is 466 g/mol. The highest BCUT2D eigenvalue weighted by atomic mass is 35.5. The van der Waals surface area contributed by atoms with Gasteiger partial charge in [-0.25, -0.2) is 9.36 Å². The third kappa shape index (κ3) is 4.77. The van der Waals surface area contributed by atoms with E-state index in [-0.39, 0.29) is 5.02 Å². The summed E-state index contributed by atoms with van der Waals surface area (Å²) in [5, 5.41) is 0.856. The molecule has 7 heteroatoms. The van der Waals surface area contributed by atoms with E-state index in [1.54, 1.807) is 6.07 Å². The zero-order valence-electron chi connectivity index (χ0n) is 19.3. The van der Waals surface area contributed by atoms with Gasteiger partial charge in [-0.05, 0) is 64.4 Å². The fourth-order valence-corrected chi connectivity index (χ4v) is 4.98. The number of ether oxygens (including phenoxy) is 1. The van der Waals surface area contributed by atoms with Gasteiger partial charge < -0.3 is 15.4 Å². The van der Waals surface area contributed by atoms with Gasteiger partial charge in [0.15, 0.2) is 0 Å². The van der Waals surface area contributed by atoms with Gasteiger partial charge in [0.05, 0.1) is 22.7 Å². The number of rotatable bonds is 5. The molecule has 3 aromatic rings. The van der Waals surface area contributed by atoms with Crippen molar-refractivity contribution in [3.63, 3.8) is 0 Å². The molecule has 4 rings (SSSR count). The van der Waals surface area contributed by atoms with Crippen molar-refractivity contribution in [3.8, 4) is 16.9 Å². The van der Waals surface area contributed by atoms with Crippen molar-refractivity contribution < 1.29 is 9.53 Å². The van der Waals surface area contributed by atoms with E-state index in [0.29, 0.717) is 40.4 Å². The van der Waals surface area contributed by atoms with Crippen LogP contribution in [0.5, 0.6) is 5.75 Å². The average molecular weight is 467 g/mol. The van der Waals surface area contributed by atoms with Crippen LogP contribution in [0, 0.1) is 19.9 Å². The zero-order valence-corrected chi connectivity index (χ0v) is 20.0. The summed E-state index contributed by atoms with van der Waals surface area (Å²) in [4.78, 5) is 28.3. The predicted molar refractivity (Wildman–Crippen MR) is 132 cm³/mol. The quantitative estimate of drug-likeness (QED) is 0.579. The number of piperidine rings is 1. The Morgan fingerprint density at radius 2 is 1.94 bits per heavy atom. The summed E-state index contributed by atoms with van der Waals surface area (Å²) in [5.74, 6) is 0.434. The Bertz CT molecular complexity index is 1250. The molecule has 1 amide bonds. The first-order chi connectivity index (χ1) is 15.8. The molecule has 1 fully saturated rings. The van der Waals surface area contributed by atoms with Crippen LogP contribution in [0.4, 0.5) is 4.79 Å². The number of fused-ring (bicyclic) bond motifs is 1. The third-order valence-electron chi connectivity index (χ3n) is 6.37. The maximum atomic E-state index is 13.6. The van der Waals surface area contributed by atoms with Crippen molar-refractivity contribution in [1.29, 1.82) is 0 Å². The van der Waals surface area contributed by atoms with Gasteiger partial charge in [0, 0.05) is 17.5 Å². The molecular weight excluding hydrogens is 438 g/mol. The van der Waals surface area contributed by atoms with Crippen molar-refractivity contribution in [2.75, 3.05) is 20.2 Å². The van der Waals surface area contributed by atoms with Crippen molar-refractivity contribution in [2.45, 2.75) is 45.6 Å². The number of halogens is 1. The lowest BCUT2D eigenvalue weighted by Crippen LogP contribution is -2.37. The summed E-state index contributed by atoms with van der Waals surface area (Å²) in [6.45, 7) is 5.47. The number of aryl methyl sites for hydroxylation is 2. The Morgan fingerprint density at radius 3 is 2.61 bits per heavy atom. The smallest absolute Gasteiger partial charge is 0.326 e. The Kier molecular flexibility index (Phi) is 6.77. The average Bonchev–Trinajstić information content (AvgIpc) is 2.73. The second-order valence-corrected chi connectivity index (χ2v) is 9.31. The van der Waals surface area contributed by atoms with Crippen molar-refractivity contribution >= 4 is 28.5 Å². The molecule has 0 aliphatic carbocycles. The van der Waals surface area contributed by atoms with Crippen LogP contribution in [-0.4, -0.2) is 41.7 Å². The van der Waals surface area contributed by atoms with Crippen LogP contribution in [-0.2, 0) is 0 Å². The van der Waals surface area contributed by atoms with Gasteiger partial charge in [0.25, 0.3) is 5.56 Å². The van der Waals surface area contributed by atoms with Crippen LogP contribution < -0.4 is 16.0 Å². The number of nitrogens with zero attached hydrogens (tertiary/aromatic N) is 2. The fraction of sp³-hybridized carbons (Fsp3) is 0.385. The number of carbonyl (C=O) groups excluding carboxylic acids is 1. The first-order valence-electron chi connectivity index (χ1n) is 11.3. The van der Waals surface area contributed by atoms with Crippen molar-refractivity contribution in [1.82, 2.24) is 9.47 Å². The summed E-state index contributed by atoms with van der Waals surface area (Å²) >= 11 is 6.15. The molecule has 1 radical (unpaired) electrons. The number of hydrogen-bond donors (Lipinski definition) is 1. The number of amides is 1. The molecule has 2 heterocycles. The molecule has 0 saturated carbocycles. The summed E-state index contributed by atoms with van der Waals surface area (Å²) in [7, 11) is 2.14. The fourth-order valence-electron chi connectivity index (χ4n) is 4.82. The van der Waals surface area contributed by atoms with Crippen LogP contribution in [0.15, 0.2) is 35.1 Å². The maximum Gasteiger partial charge on any atom is 0.326 e. The largest absolute Gasteiger partial charge is 0.492 e. The number of nitrogens with two attached hydrogens (primary N) is 1. The molecule has 0 bridgehead atoms. The van der Waals surface area contributed by atoms with E-state index >= 15 is 0 Å². The maximum absolute atomic E-state index is 13.6. The molecule has 1 atom stereocenters.